The normalized spacial score (nSPS) is 10.6. The van der Waals surface area contributed by atoms with Crippen LogP contribution in [0.5, 0.6) is 11.6 Å². The number of aryl methyl sites for hydroxylation is 1. The molecule has 0 bridgehead atoms. The third kappa shape index (κ3) is 3.78. The second-order valence-corrected chi connectivity index (χ2v) is 4.62. The van der Waals surface area contributed by atoms with Crippen LogP contribution in [0.15, 0.2) is 36.4 Å². The molecule has 1 aromatic heterocycles. The number of para-hydroxylation sites is 1. The Labute approximate surface area is 118 Å². The van der Waals surface area contributed by atoms with E-state index in [9.17, 15) is 4.39 Å². The summed E-state index contributed by atoms with van der Waals surface area (Å²) < 4.78 is 19.2. The molecule has 1 N–H and O–H groups in total. The molecule has 0 amide bonds. The molecule has 0 aliphatic rings. The van der Waals surface area contributed by atoms with Gasteiger partial charge < -0.3 is 10.1 Å². The number of rotatable bonds is 6. The zero-order chi connectivity index (χ0) is 14.4. The number of hydrogen-bond acceptors (Lipinski definition) is 3. The molecule has 0 atom stereocenters. The molecule has 1 aromatic carbocycles. The first kappa shape index (κ1) is 14.5. The second kappa shape index (κ2) is 7.01. The Hall–Kier alpha value is -1.94. The number of nitrogens with zero attached hydrogens (tertiary/aromatic N) is 1. The van der Waals surface area contributed by atoms with Gasteiger partial charge >= 0.3 is 0 Å². The van der Waals surface area contributed by atoms with Crippen LogP contribution >= 0.6 is 0 Å². The van der Waals surface area contributed by atoms with Crippen LogP contribution in [-0.4, -0.2) is 12.0 Å². The van der Waals surface area contributed by atoms with Crippen LogP contribution in [0.2, 0.25) is 0 Å². The van der Waals surface area contributed by atoms with Crippen LogP contribution in [0.1, 0.15) is 24.6 Å². The van der Waals surface area contributed by atoms with Gasteiger partial charge in [0.1, 0.15) is 0 Å². The number of nitrogens with one attached hydrogen (secondary N) is 1. The summed E-state index contributed by atoms with van der Waals surface area (Å²) in [5.74, 6) is 0.251. The van der Waals surface area contributed by atoms with Crippen LogP contribution in [-0.2, 0) is 13.0 Å². The third-order valence-corrected chi connectivity index (χ3v) is 2.85. The van der Waals surface area contributed by atoms with Crippen molar-refractivity contribution < 1.29 is 9.13 Å². The summed E-state index contributed by atoms with van der Waals surface area (Å²) in [5, 5.41) is 3.10. The Morgan fingerprint density at radius 1 is 1.25 bits per heavy atom. The minimum atomic E-state index is -0.384. The quantitative estimate of drug-likeness (QED) is 0.872. The van der Waals surface area contributed by atoms with Crippen molar-refractivity contribution in [1.82, 2.24) is 10.3 Å². The van der Waals surface area contributed by atoms with Crippen molar-refractivity contribution in [2.75, 3.05) is 7.05 Å². The minimum absolute atomic E-state index is 0.198. The van der Waals surface area contributed by atoms with Crippen molar-refractivity contribution >= 4 is 0 Å². The fourth-order valence-corrected chi connectivity index (χ4v) is 2.00. The predicted octanol–water partition coefficient (Wildman–Crippen LogP) is 3.68. The molecule has 4 heteroatoms. The van der Waals surface area contributed by atoms with Crippen LogP contribution < -0.4 is 10.1 Å². The molecule has 2 aromatic rings. The molecule has 0 saturated carbocycles. The van der Waals surface area contributed by atoms with E-state index in [-0.39, 0.29) is 11.6 Å². The maximum absolute atomic E-state index is 13.6. The van der Waals surface area contributed by atoms with Crippen LogP contribution in [0.25, 0.3) is 0 Å². The monoisotopic (exact) mass is 274 g/mol. The van der Waals surface area contributed by atoms with E-state index in [4.69, 9.17) is 4.74 Å². The average molecular weight is 274 g/mol. The molecule has 1 heterocycles. The summed E-state index contributed by atoms with van der Waals surface area (Å²) in [5.41, 5.74) is 2.05. The summed E-state index contributed by atoms with van der Waals surface area (Å²) in [4.78, 5) is 4.43. The van der Waals surface area contributed by atoms with Gasteiger partial charge in [-0.25, -0.2) is 9.37 Å². The third-order valence-electron chi connectivity index (χ3n) is 2.85. The zero-order valence-electron chi connectivity index (χ0n) is 11.8. The Morgan fingerprint density at radius 2 is 2.05 bits per heavy atom. The first-order valence-electron chi connectivity index (χ1n) is 6.79. The summed E-state index contributed by atoms with van der Waals surface area (Å²) >= 11 is 0. The largest absolute Gasteiger partial charge is 0.436 e. The zero-order valence-corrected chi connectivity index (χ0v) is 11.8. The Morgan fingerprint density at radius 3 is 2.75 bits per heavy atom. The molecule has 20 heavy (non-hydrogen) atoms. The highest BCUT2D eigenvalue weighted by Gasteiger charge is 2.07. The van der Waals surface area contributed by atoms with E-state index in [0.29, 0.717) is 5.88 Å². The van der Waals surface area contributed by atoms with Crippen molar-refractivity contribution in [2.24, 2.45) is 0 Å². The van der Waals surface area contributed by atoms with Crippen molar-refractivity contribution in [3.63, 3.8) is 0 Å². The van der Waals surface area contributed by atoms with E-state index >= 15 is 0 Å². The van der Waals surface area contributed by atoms with E-state index in [1.54, 1.807) is 18.2 Å². The van der Waals surface area contributed by atoms with Crippen molar-refractivity contribution in [1.29, 1.82) is 0 Å². The van der Waals surface area contributed by atoms with E-state index in [1.165, 1.54) is 6.07 Å². The molecule has 0 fully saturated rings. The van der Waals surface area contributed by atoms with Gasteiger partial charge in [0.15, 0.2) is 11.6 Å². The SMILES string of the molecule is CCCc1cc(CNC)cc(Oc2ccccc2F)n1. The topological polar surface area (TPSA) is 34.1 Å². The second-order valence-electron chi connectivity index (χ2n) is 4.62. The summed E-state index contributed by atoms with van der Waals surface area (Å²) in [6, 6.07) is 10.2. The number of aromatic nitrogens is 1. The van der Waals surface area contributed by atoms with Crippen LogP contribution in [0.3, 0.4) is 0 Å². The number of hydrogen-bond donors (Lipinski definition) is 1. The van der Waals surface area contributed by atoms with E-state index in [2.05, 4.69) is 17.2 Å². The summed E-state index contributed by atoms with van der Waals surface area (Å²) in [6.45, 7) is 2.83. The molecule has 0 unspecified atom stereocenters. The average Bonchev–Trinajstić information content (AvgIpc) is 2.42. The lowest BCUT2D eigenvalue weighted by Gasteiger charge is -2.10. The fourth-order valence-electron chi connectivity index (χ4n) is 2.00. The first-order valence-corrected chi connectivity index (χ1v) is 6.79. The van der Waals surface area contributed by atoms with E-state index < -0.39 is 0 Å². The van der Waals surface area contributed by atoms with Gasteiger partial charge in [0.2, 0.25) is 5.88 Å². The smallest absolute Gasteiger partial charge is 0.219 e. The molecule has 0 saturated heterocycles. The molecule has 2 rings (SSSR count). The lowest BCUT2D eigenvalue weighted by Crippen LogP contribution is -2.07. The van der Waals surface area contributed by atoms with Crippen molar-refractivity contribution in [3.05, 3.63) is 53.5 Å². The summed E-state index contributed by atoms with van der Waals surface area (Å²) in [7, 11) is 1.89. The molecule has 0 aliphatic heterocycles. The van der Waals surface area contributed by atoms with E-state index in [0.717, 1.165) is 30.6 Å². The standard InChI is InChI=1S/C16H19FN2O/c1-3-6-13-9-12(11-18-2)10-16(19-13)20-15-8-5-4-7-14(15)17/h4-5,7-10,18H,3,6,11H2,1-2H3. The van der Waals surface area contributed by atoms with Gasteiger partial charge in [-0.2, -0.15) is 0 Å². The number of benzene rings is 1. The van der Waals surface area contributed by atoms with Gasteiger partial charge in [-0.1, -0.05) is 25.5 Å². The number of ether oxygens (including phenoxy) is 1. The fraction of sp³-hybridized carbons (Fsp3) is 0.312. The highest BCUT2D eigenvalue weighted by Crippen LogP contribution is 2.24. The van der Waals surface area contributed by atoms with E-state index in [1.807, 2.05) is 19.2 Å². The molecule has 0 aliphatic carbocycles. The van der Waals surface area contributed by atoms with Crippen LogP contribution in [0, 0.1) is 5.82 Å². The maximum atomic E-state index is 13.6. The number of pyridine rings is 1. The molecule has 0 radical (unpaired) electrons. The predicted molar refractivity (Wildman–Crippen MR) is 77.5 cm³/mol. The van der Waals surface area contributed by atoms with Gasteiger partial charge in [-0.15, -0.1) is 0 Å². The van der Waals surface area contributed by atoms with Gasteiger partial charge in [-0.3, -0.25) is 0 Å². The molecule has 3 nitrogen and oxygen atoms in total. The van der Waals surface area contributed by atoms with Gasteiger partial charge in [-0.05, 0) is 37.2 Å². The van der Waals surface area contributed by atoms with Gasteiger partial charge in [0.05, 0.1) is 0 Å². The Balaban J connectivity index is 2.28. The molecule has 0 spiro atoms. The Bertz CT molecular complexity index is 548. The Kier molecular flexibility index (Phi) is 5.07. The van der Waals surface area contributed by atoms with Crippen LogP contribution in [0.4, 0.5) is 4.39 Å². The number of halogens is 1. The van der Waals surface area contributed by atoms with Gasteiger partial charge in [0.25, 0.3) is 0 Å². The first-order chi connectivity index (χ1) is 9.72. The minimum Gasteiger partial charge on any atom is -0.436 e. The molecular weight excluding hydrogens is 255 g/mol. The summed E-state index contributed by atoms with van der Waals surface area (Å²) in [6.07, 6.45) is 1.89. The lowest BCUT2D eigenvalue weighted by molar-refractivity contribution is 0.425. The lowest BCUT2D eigenvalue weighted by atomic mass is 10.1. The van der Waals surface area contributed by atoms with Crippen molar-refractivity contribution in [2.45, 2.75) is 26.3 Å². The molecular formula is C16H19FN2O. The maximum Gasteiger partial charge on any atom is 0.219 e. The van der Waals surface area contributed by atoms with Crippen molar-refractivity contribution in [3.8, 4) is 11.6 Å². The highest BCUT2D eigenvalue weighted by molar-refractivity contribution is 5.31. The van der Waals surface area contributed by atoms with Gasteiger partial charge in [0, 0.05) is 18.3 Å². The highest BCUT2D eigenvalue weighted by atomic mass is 19.1. The molecule has 106 valence electrons.